The van der Waals surface area contributed by atoms with Crippen LogP contribution in [0.1, 0.15) is 30.8 Å². The number of nitrogens with zero attached hydrogens (tertiary/aromatic N) is 2. The Hall–Kier alpha value is -3.02. The summed E-state index contributed by atoms with van der Waals surface area (Å²) < 4.78 is 28.8. The first kappa shape index (κ1) is 18.8. The van der Waals surface area contributed by atoms with Crippen molar-refractivity contribution in [1.82, 2.24) is 15.1 Å². The van der Waals surface area contributed by atoms with Gasteiger partial charge in [-0.15, -0.1) is 0 Å². The molecular formula is C21H21F2N3O. The van der Waals surface area contributed by atoms with Gasteiger partial charge in [0.2, 0.25) is 0 Å². The number of hydrogen-bond donors (Lipinski definition) is 1. The Kier molecular flexibility index (Phi) is 5.64. The molecule has 0 unspecified atom stereocenters. The second kappa shape index (κ2) is 8.12. The van der Waals surface area contributed by atoms with Crippen molar-refractivity contribution in [3.63, 3.8) is 0 Å². The van der Waals surface area contributed by atoms with Crippen LogP contribution >= 0.6 is 0 Å². The molecule has 2 aromatic carbocycles. The van der Waals surface area contributed by atoms with E-state index in [1.807, 2.05) is 0 Å². The summed E-state index contributed by atoms with van der Waals surface area (Å²) in [6.45, 7) is 4.68. The van der Waals surface area contributed by atoms with Crippen LogP contribution in [0.25, 0.3) is 16.9 Å². The molecule has 1 aromatic heterocycles. The second-order valence-corrected chi connectivity index (χ2v) is 6.72. The molecule has 6 heteroatoms. The summed E-state index contributed by atoms with van der Waals surface area (Å²) in [6, 6.07) is 13.4. The van der Waals surface area contributed by atoms with Crippen molar-refractivity contribution >= 4 is 5.91 Å². The van der Waals surface area contributed by atoms with Gasteiger partial charge in [0.05, 0.1) is 11.4 Å². The number of nitrogens with one attached hydrogen (secondary N) is 1. The molecule has 0 aliphatic carbocycles. The third-order valence-corrected chi connectivity index (χ3v) is 4.17. The number of carbonyl (C=O) groups excluding carboxylic acids is 1. The van der Waals surface area contributed by atoms with Crippen LogP contribution in [-0.4, -0.2) is 22.2 Å². The lowest BCUT2D eigenvalue weighted by Gasteiger charge is -2.09. The van der Waals surface area contributed by atoms with Crippen molar-refractivity contribution < 1.29 is 13.6 Å². The van der Waals surface area contributed by atoms with E-state index in [0.29, 0.717) is 29.4 Å². The lowest BCUT2D eigenvalue weighted by atomic mass is 10.1. The molecule has 1 heterocycles. The molecule has 0 aliphatic heterocycles. The maximum atomic E-state index is 14.2. The Bertz CT molecular complexity index is 933. The summed E-state index contributed by atoms with van der Waals surface area (Å²) in [4.78, 5) is 12.7. The van der Waals surface area contributed by atoms with Crippen molar-refractivity contribution in [3.8, 4) is 16.9 Å². The Morgan fingerprint density at radius 3 is 2.48 bits per heavy atom. The van der Waals surface area contributed by atoms with Crippen LogP contribution in [0.3, 0.4) is 0 Å². The fourth-order valence-corrected chi connectivity index (χ4v) is 2.69. The topological polar surface area (TPSA) is 46.9 Å². The van der Waals surface area contributed by atoms with Gasteiger partial charge in [-0.05, 0) is 54.8 Å². The van der Waals surface area contributed by atoms with Crippen LogP contribution in [0.4, 0.5) is 8.78 Å². The van der Waals surface area contributed by atoms with Crippen molar-refractivity contribution in [1.29, 1.82) is 0 Å². The molecule has 0 radical (unpaired) electrons. The summed E-state index contributed by atoms with van der Waals surface area (Å²) in [5.41, 5.74) is 1.43. The van der Waals surface area contributed by atoms with Crippen molar-refractivity contribution in [2.45, 2.75) is 20.3 Å². The minimum atomic E-state index is -0.423. The maximum absolute atomic E-state index is 14.2. The molecule has 0 bridgehead atoms. The number of benzene rings is 2. The summed E-state index contributed by atoms with van der Waals surface area (Å²) in [5.74, 6) is -0.660. The zero-order valence-electron chi connectivity index (χ0n) is 15.2. The fraction of sp³-hybridized carbons (Fsp3) is 0.238. The molecule has 0 fully saturated rings. The highest BCUT2D eigenvalue weighted by atomic mass is 19.1. The zero-order valence-corrected chi connectivity index (χ0v) is 15.2. The third kappa shape index (κ3) is 4.39. The Balaban J connectivity index is 2.00. The van der Waals surface area contributed by atoms with Gasteiger partial charge in [0.25, 0.3) is 5.91 Å². The first-order valence-electron chi connectivity index (χ1n) is 8.85. The first-order valence-corrected chi connectivity index (χ1v) is 8.85. The fourth-order valence-electron chi connectivity index (χ4n) is 2.69. The quantitative estimate of drug-likeness (QED) is 0.691. The number of carbonyl (C=O) groups is 1. The number of halogens is 2. The van der Waals surface area contributed by atoms with Crippen molar-refractivity contribution in [3.05, 3.63) is 71.9 Å². The lowest BCUT2D eigenvalue weighted by Crippen LogP contribution is -2.27. The van der Waals surface area contributed by atoms with Gasteiger partial charge in [-0.2, -0.15) is 5.10 Å². The normalized spacial score (nSPS) is 11.0. The molecule has 0 spiro atoms. The van der Waals surface area contributed by atoms with Gasteiger partial charge in [0, 0.05) is 12.1 Å². The predicted octanol–water partition coefficient (Wildman–Crippen LogP) is 4.59. The molecule has 27 heavy (non-hydrogen) atoms. The van der Waals surface area contributed by atoms with Gasteiger partial charge < -0.3 is 5.32 Å². The first-order chi connectivity index (χ1) is 13.0. The molecular weight excluding hydrogens is 348 g/mol. The average molecular weight is 369 g/mol. The largest absolute Gasteiger partial charge is 0.351 e. The lowest BCUT2D eigenvalue weighted by molar-refractivity contribution is 0.0944. The van der Waals surface area contributed by atoms with E-state index in [1.54, 1.807) is 24.3 Å². The van der Waals surface area contributed by atoms with E-state index in [4.69, 9.17) is 0 Å². The van der Waals surface area contributed by atoms with Crippen LogP contribution in [0.5, 0.6) is 0 Å². The molecule has 3 rings (SSSR count). The highest BCUT2D eigenvalue weighted by Crippen LogP contribution is 2.24. The maximum Gasteiger partial charge on any atom is 0.270 e. The Labute approximate surface area is 156 Å². The summed E-state index contributed by atoms with van der Waals surface area (Å²) >= 11 is 0. The van der Waals surface area contributed by atoms with E-state index >= 15 is 0 Å². The van der Waals surface area contributed by atoms with E-state index in [1.165, 1.54) is 35.0 Å². The standard InChI is InChI=1S/C21H21F2N3O/c1-14(2)11-12-24-21(27)20-13-19(17-5-3-4-6-18(17)23)25-26(20)16-9-7-15(22)8-10-16/h3-10,13-14H,11-12H2,1-2H3,(H,24,27). The van der Waals surface area contributed by atoms with Crippen LogP contribution in [0, 0.1) is 17.6 Å². The van der Waals surface area contributed by atoms with Crippen LogP contribution in [0.15, 0.2) is 54.6 Å². The molecule has 1 N–H and O–H groups in total. The monoisotopic (exact) mass is 369 g/mol. The minimum absolute atomic E-state index is 0.267. The number of hydrogen-bond acceptors (Lipinski definition) is 2. The van der Waals surface area contributed by atoms with Gasteiger partial charge in [-0.1, -0.05) is 26.0 Å². The molecule has 1 amide bonds. The average Bonchev–Trinajstić information content (AvgIpc) is 3.07. The molecule has 0 saturated carbocycles. The molecule has 0 aliphatic rings. The highest BCUT2D eigenvalue weighted by Gasteiger charge is 2.19. The second-order valence-electron chi connectivity index (χ2n) is 6.72. The molecule has 0 atom stereocenters. The van der Waals surface area contributed by atoms with Gasteiger partial charge in [0.15, 0.2) is 0 Å². The molecule has 3 aromatic rings. The number of aromatic nitrogens is 2. The number of amides is 1. The van der Waals surface area contributed by atoms with E-state index in [2.05, 4.69) is 24.3 Å². The predicted molar refractivity (Wildman–Crippen MR) is 101 cm³/mol. The van der Waals surface area contributed by atoms with E-state index in [-0.39, 0.29) is 17.4 Å². The van der Waals surface area contributed by atoms with E-state index in [0.717, 1.165) is 6.42 Å². The Morgan fingerprint density at radius 1 is 1.11 bits per heavy atom. The van der Waals surface area contributed by atoms with Crippen LogP contribution < -0.4 is 5.32 Å². The zero-order chi connectivity index (χ0) is 19.4. The van der Waals surface area contributed by atoms with Gasteiger partial charge in [-0.25, -0.2) is 13.5 Å². The smallest absolute Gasteiger partial charge is 0.270 e. The van der Waals surface area contributed by atoms with Gasteiger partial charge in [-0.3, -0.25) is 4.79 Å². The minimum Gasteiger partial charge on any atom is -0.351 e. The van der Waals surface area contributed by atoms with E-state index in [9.17, 15) is 13.6 Å². The summed E-state index contributed by atoms with van der Waals surface area (Å²) in [5, 5.41) is 7.26. The Morgan fingerprint density at radius 2 is 1.81 bits per heavy atom. The van der Waals surface area contributed by atoms with Crippen LogP contribution in [0.2, 0.25) is 0 Å². The van der Waals surface area contributed by atoms with Gasteiger partial charge >= 0.3 is 0 Å². The molecule has 4 nitrogen and oxygen atoms in total. The van der Waals surface area contributed by atoms with Gasteiger partial charge in [0.1, 0.15) is 17.3 Å². The van der Waals surface area contributed by atoms with Crippen molar-refractivity contribution in [2.24, 2.45) is 5.92 Å². The molecule has 0 saturated heterocycles. The highest BCUT2D eigenvalue weighted by molar-refractivity contribution is 5.94. The summed E-state index contributed by atoms with van der Waals surface area (Å²) in [6.07, 6.45) is 0.844. The van der Waals surface area contributed by atoms with Crippen LogP contribution in [-0.2, 0) is 0 Å². The summed E-state index contributed by atoms with van der Waals surface area (Å²) in [7, 11) is 0. The van der Waals surface area contributed by atoms with E-state index < -0.39 is 5.82 Å². The van der Waals surface area contributed by atoms with Crippen molar-refractivity contribution in [2.75, 3.05) is 6.54 Å². The molecule has 140 valence electrons. The SMILES string of the molecule is CC(C)CCNC(=O)c1cc(-c2ccccc2F)nn1-c1ccc(F)cc1. The third-order valence-electron chi connectivity index (χ3n) is 4.17. The number of rotatable bonds is 6.